The highest BCUT2D eigenvalue weighted by molar-refractivity contribution is 5.56. The lowest BCUT2D eigenvalue weighted by molar-refractivity contribution is 0.584. The molecule has 0 saturated carbocycles. The molecule has 4 heteroatoms. The van der Waals surface area contributed by atoms with Crippen LogP contribution in [0, 0.1) is 11.6 Å². The van der Waals surface area contributed by atoms with Crippen molar-refractivity contribution in [3.05, 3.63) is 35.4 Å². The number of likely N-dealkylation sites (N-methyl/N-ethyl adjacent to an activating group) is 1. The molecule has 1 aromatic carbocycles. The van der Waals surface area contributed by atoms with Gasteiger partial charge in [0.1, 0.15) is 11.6 Å². The molecule has 0 bridgehead atoms. The van der Waals surface area contributed by atoms with Crippen LogP contribution >= 0.6 is 0 Å². The van der Waals surface area contributed by atoms with Crippen molar-refractivity contribution in [1.82, 2.24) is 5.32 Å². The lowest BCUT2D eigenvalue weighted by Crippen LogP contribution is -2.03. The Kier molecular flexibility index (Phi) is 3.59. The molecule has 0 unspecified atom stereocenters. The van der Waals surface area contributed by atoms with Gasteiger partial charge < -0.3 is 11.1 Å². The van der Waals surface area contributed by atoms with Crippen molar-refractivity contribution >= 4 is 11.8 Å². The minimum absolute atomic E-state index is 0.0458. The Morgan fingerprint density at radius 2 is 2.07 bits per heavy atom. The van der Waals surface area contributed by atoms with Gasteiger partial charge in [-0.25, -0.2) is 8.78 Å². The molecule has 1 aromatic rings. The van der Waals surface area contributed by atoms with Crippen LogP contribution in [0.5, 0.6) is 0 Å². The van der Waals surface area contributed by atoms with Gasteiger partial charge in [-0.05, 0) is 13.1 Å². The first-order valence-corrected chi connectivity index (χ1v) is 4.21. The van der Waals surface area contributed by atoms with Gasteiger partial charge in [0.15, 0.2) is 0 Å². The number of hydrogen-bond acceptors (Lipinski definition) is 2. The number of halogens is 2. The number of nitrogens with one attached hydrogen (secondary N) is 1. The highest BCUT2D eigenvalue weighted by atomic mass is 19.1. The summed E-state index contributed by atoms with van der Waals surface area (Å²) in [4.78, 5) is 0. The molecular weight excluding hydrogens is 186 g/mol. The van der Waals surface area contributed by atoms with Gasteiger partial charge >= 0.3 is 0 Å². The summed E-state index contributed by atoms with van der Waals surface area (Å²) in [5.41, 5.74) is 5.55. The third-order valence-electron chi connectivity index (χ3n) is 1.74. The maximum absolute atomic E-state index is 13.1. The standard InChI is InChI=1S/C10H12F2N2/c1-14-4-2-3-7-5-10(13)9(12)6-8(7)11/h2-3,5-6,14H,4,13H2,1H3. The monoisotopic (exact) mass is 198 g/mol. The van der Waals surface area contributed by atoms with E-state index in [0.717, 1.165) is 6.07 Å². The highest BCUT2D eigenvalue weighted by Gasteiger charge is 2.04. The molecule has 0 aliphatic rings. The van der Waals surface area contributed by atoms with Gasteiger partial charge in [-0.1, -0.05) is 12.2 Å². The summed E-state index contributed by atoms with van der Waals surface area (Å²) in [5, 5.41) is 2.87. The lowest BCUT2D eigenvalue weighted by Gasteiger charge is -2.00. The molecular formula is C10H12F2N2. The normalized spacial score (nSPS) is 11.1. The zero-order valence-electron chi connectivity index (χ0n) is 7.85. The summed E-state index contributed by atoms with van der Waals surface area (Å²) in [5.74, 6) is -1.34. The number of rotatable bonds is 3. The number of hydrogen-bond donors (Lipinski definition) is 2. The van der Waals surface area contributed by atoms with Crippen LogP contribution in [0.2, 0.25) is 0 Å². The summed E-state index contributed by atoms with van der Waals surface area (Å²) < 4.78 is 25.8. The Balaban J connectivity index is 2.92. The van der Waals surface area contributed by atoms with E-state index in [2.05, 4.69) is 5.32 Å². The largest absolute Gasteiger partial charge is 0.396 e. The fraction of sp³-hybridized carbons (Fsp3) is 0.200. The molecule has 0 aliphatic heterocycles. The Labute approximate surface area is 81.4 Å². The van der Waals surface area contributed by atoms with Crippen LogP contribution in [0.15, 0.2) is 18.2 Å². The summed E-state index contributed by atoms with van der Waals surface area (Å²) in [6, 6.07) is 2.06. The maximum Gasteiger partial charge on any atom is 0.149 e. The van der Waals surface area contributed by atoms with E-state index in [-0.39, 0.29) is 5.69 Å². The van der Waals surface area contributed by atoms with E-state index in [1.807, 2.05) is 0 Å². The van der Waals surface area contributed by atoms with E-state index in [1.165, 1.54) is 6.07 Å². The first-order chi connectivity index (χ1) is 6.65. The first-order valence-electron chi connectivity index (χ1n) is 4.21. The van der Waals surface area contributed by atoms with Crippen molar-refractivity contribution in [2.75, 3.05) is 19.3 Å². The molecule has 14 heavy (non-hydrogen) atoms. The number of nitrogen functional groups attached to an aromatic ring is 1. The molecule has 3 N–H and O–H groups in total. The second-order valence-corrected chi connectivity index (χ2v) is 2.86. The number of anilines is 1. The average Bonchev–Trinajstić information content (AvgIpc) is 2.14. The van der Waals surface area contributed by atoms with E-state index >= 15 is 0 Å². The van der Waals surface area contributed by atoms with Crippen LogP contribution in [0.4, 0.5) is 14.5 Å². The van der Waals surface area contributed by atoms with Gasteiger partial charge in [0.05, 0.1) is 5.69 Å². The Bertz CT molecular complexity index is 348. The maximum atomic E-state index is 13.1. The zero-order chi connectivity index (χ0) is 10.6. The zero-order valence-corrected chi connectivity index (χ0v) is 7.85. The van der Waals surface area contributed by atoms with Crippen molar-refractivity contribution in [2.45, 2.75) is 0 Å². The predicted molar refractivity (Wildman–Crippen MR) is 53.7 cm³/mol. The molecule has 76 valence electrons. The topological polar surface area (TPSA) is 38.0 Å². The third-order valence-corrected chi connectivity index (χ3v) is 1.74. The van der Waals surface area contributed by atoms with Crippen molar-refractivity contribution in [2.24, 2.45) is 0 Å². The molecule has 0 radical (unpaired) electrons. The Hall–Kier alpha value is -1.42. The van der Waals surface area contributed by atoms with E-state index in [9.17, 15) is 8.78 Å². The van der Waals surface area contributed by atoms with Crippen molar-refractivity contribution in [1.29, 1.82) is 0 Å². The van der Waals surface area contributed by atoms with Crippen molar-refractivity contribution in [3.63, 3.8) is 0 Å². The fourth-order valence-corrected chi connectivity index (χ4v) is 1.01. The Morgan fingerprint density at radius 1 is 1.36 bits per heavy atom. The van der Waals surface area contributed by atoms with E-state index in [1.54, 1.807) is 19.2 Å². The molecule has 0 aromatic heterocycles. The summed E-state index contributed by atoms with van der Waals surface area (Å²) in [7, 11) is 1.78. The van der Waals surface area contributed by atoms with Crippen LogP contribution in [0.3, 0.4) is 0 Å². The number of nitrogens with two attached hydrogens (primary N) is 1. The van der Waals surface area contributed by atoms with Crippen LogP contribution < -0.4 is 11.1 Å². The number of benzene rings is 1. The minimum atomic E-state index is -0.728. The molecule has 0 spiro atoms. The van der Waals surface area contributed by atoms with Gasteiger partial charge in [0.25, 0.3) is 0 Å². The van der Waals surface area contributed by atoms with Crippen LogP contribution in [-0.4, -0.2) is 13.6 Å². The molecule has 2 nitrogen and oxygen atoms in total. The quantitative estimate of drug-likeness (QED) is 0.726. The molecule has 0 heterocycles. The fourth-order valence-electron chi connectivity index (χ4n) is 1.01. The van der Waals surface area contributed by atoms with Crippen molar-refractivity contribution in [3.8, 4) is 0 Å². The Morgan fingerprint density at radius 3 is 2.71 bits per heavy atom. The molecule has 0 amide bonds. The van der Waals surface area contributed by atoms with E-state index in [4.69, 9.17) is 5.73 Å². The SMILES string of the molecule is CNCC=Cc1cc(N)c(F)cc1F. The molecule has 0 aliphatic carbocycles. The minimum Gasteiger partial charge on any atom is -0.396 e. The molecule has 0 fully saturated rings. The van der Waals surface area contributed by atoms with Crippen LogP contribution in [0.25, 0.3) is 6.08 Å². The van der Waals surface area contributed by atoms with Crippen LogP contribution in [0.1, 0.15) is 5.56 Å². The highest BCUT2D eigenvalue weighted by Crippen LogP contribution is 2.17. The molecule has 0 atom stereocenters. The third kappa shape index (κ3) is 2.53. The van der Waals surface area contributed by atoms with Crippen LogP contribution in [-0.2, 0) is 0 Å². The van der Waals surface area contributed by atoms with Gasteiger partial charge in [-0.15, -0.1) is 0 Å². The summed E-state index contributed by atoms with van der Waals surface area (Å²) in [6.07, 6.45) is 3.29. The van der Waals surface area contributed by atoms with E-state index < -0.39 is 11.6 Å². The first kappa shape index (κ1) is 10.7. The second-order valence-electron chi connectivity index (χ2n) is 2.86. The average molecular weight is 198 g/mol. The predicted octanol–water partition coefficient (Wildman–Crippen LogP) is 1.78. The second kappa shape index (κ2) is 4.72. The summed E-state index contributed by atoms with van der Waals surface area (Å²) in [6.45, 7) is 0.622. The summed E-state index contributed by atoms with van der Waals surface area (Å²) >= 11 is 0. The van der Waals surface area contributed by atoms with Gasteiger partial charge in [0, 0.05) is 18.2 Å². The van der Waals surface area contributed by atoms with Crippen molar-refractivity contribution < 1.29 is 8.78 Å². The van der Waals surface area contributed by atoms with E-state index in [0.29, 0.717) is 12.1 Å². The molecule has 0 saturated heterocycles. The smallest absolute Gasteiger partial charge is 0.149 e. The van der Waals surface area contributed by atoms with Gasteiger partial charge in [-0.3, -0.25) is 0 Å². The molecule has 1 rings (SSSR count). The lowest BCUT2D eigenvalue weighted by atomic mass is 10.1. The van der Waals surface area contributed by atoms with Gasteiger partial charge in [-0.2, -0.15) is 0 Å². The van der Waals surface area contributed by atoms with Gasteiger partial charge in [0.2, 0.25) is 0 Å².